The molecule has 0 aromatic rings. The highest BCUT2D eigenvalue weighted by Gasteiger charge is 1.83. The van der Waals surface area contributed by atoms with Crippen LogP contribution >= 0.6 is 0 Å². The Kier molecular flexibility index (Phi) is 4.75. The van der Waals surface area contributed by atoms with Gasteiger partial charge in [-0.15, -0.1) is 0 Å². The molecule has 0 radical (unpaired) electrons. The van der Waals surface area contributed by atoms with Gasteiger partial charge in [0.15, 0.2) is 6.07 Å². The zero-order valence-electron chi connectivity index (χ0n) is 4.42. The van der Waals surface area contributed by atoms with Gasteiger partial charge in [-0.3, -0.25) is 4.55 Å². The molecule has 0 spiro atoms. The van der Waals surface area contributed by atoms with Gasteiger partial charge < -0.3 is 0 Å². The first-order chi connectivity index (χ1) is 4.27. The summed E-state index contributed by atoms with van der Waals surface area (Å²) in [6, 6.07) is 1.56. The predicted molar refractivity (Wildman–Crippen MR) is 32.2 cm³/mol. The van der Waals surface area contributed by atoms with Crippen molar-refractivity contribution in [1.29, 1.82) is 5.26 Å². The first-order valence-corrected chi connectivity index (χ1v) is 3.09. The minimum atomic E-state index is -2.03. The molecule has 0 amide bonds. The Balaban J connectivity index is 3.33. The SMILES string of the molecule is N#CC#CCNS(=O)O. The zero-order valence-corrected chi connectivity index (χ0v) is 5.23. The molecule has 0 aromatic carbocycles. The summed E-state index contributed by atoms with van der Waals surface area (Å²) in [5.41, 5.74) is 0. The van der Waals surface area contributed by atoms with Gasteiger partial charge in [-0.1, -0.05) is 5.92 Å². The van der Waals surface area contributed by atoms with Crippen LogP contribution in [0.4, 0.5) is 0 Å². The Hall–Kier alpha value is -0.880. The van der Waals surface area contributed by atoms with Crippen LogP contribution in [0.25, 0.3) is 0 Å². The zero-order chi connectivity index (χ0) is 7.11. The summed E-state index contributed by atoms with van der Waals surface area (Å²) < 4.78 is 20.0. The maximum absolute atomic E-state index is 9.81. The van der Waals surface area contributed by atoms with Crippen molar-refractivity contribution < 1.29 is 8.76 Å². The van der Waals surface area contributed by atoms with Crippen LogP contribution < -0.4 is 4.72 Å². The molecule has 0 heterocycles. The Morgan fingerprint density at radius 3 is 2.89 bits per heavy atom. The molecule has 0 saturated carbocycles. The van der Waals surface area contributed by atoms with Crippen molar-refractivity contribution in [3.8, 4) is 17.9 Å². The van der Waals surface area contributed by atoms with Crippen LogP contribution in [0.3, 0.4) is 0 Å². The van der Waals surface area contributed by atoms with Crippen molar-refractivity contribution >= 4 is 11.3 Å². The molecule has 0 rings (SSSR count). The molecule has 5 heteroatoms. The molecule has 0 fully saturated rings. The van der Waals surface area contributed by atoms with Crippen LogP contribution in [0, 0.1) is 23.2 Å². The van der Waals surface area contributed by atoms with Gasteiger partial charge in [-0.2, -0.15) is 5.26 Å². The fourth-order valence-electron chi connectivity index (χ4n) is 0.182. The molecule has 1 unspecified atom stereocenters. The molecule has 2 N–H and O–H groups in total. The molecule has 0 saturated heterocycles. The second-order valence-corrected chi connectivity index (χ2v) is 1.77. The quantitative estimate of drug-likeness (QED) is 0.395. The van der Waals surface area contributed by atoms with Crippen molar-refractivity contribution in [2.45, 2.75) is 0 Å². The van der Waals surface area contributed by atoms with Gasteiger partial charge in [0.05, 0.1) is 6.54 Å². The third kappa shape index (κ3) is 7.12. The monoisotopic (exact) mass is 144 g/mol. The highest BCUT2D eigenvalue weighted by molar-refractivity contribution is 7.77. The van der Waals surface area contributed by atoms with Crippen LogP contribution in [-0.4, -0.2) is 15.3 Å². The molecule has 48 valence electrons. The summed E-state index contributed by atoms with van der Waals surface area (Å²) in [4.78, 5) is 0. The largest absolute Gasteiger partial charge is 0.294 e. The van der Waals surface area contributed by atoms with Crippen LogP contribution in [0.15, 0.2) is 0 Å². The van der Waals surface area contributed by atoms with Crippen molar-refractivity contribution in [2.75, 3.05) is 6.54 Å². The van der Waals surface area contributed by atoms with E-state index in [0.717, 1.165) is 0 Å². The van der Waals surface area contributed by atoms with Gasteiger partial charge in [-0.25, -0.2) is 8.93 Å². The number of nitriles is 1. The summed E-state index contributed by atoms with van der Waals surface area (Å²) in [5, 5.41) is 7.84. The average Bonchev–Trinajstić information content (AvgIpc) is 1.80. The minimum Gasteiger partial charge on any atom is -0.294 e. The van der Waals surface area contributed by atoms with Gasteiger partial charge >= 0.3 is 0 Å². The molecule has 1 atom stereocenters. The maximum Gasteiger partial charge on any atom is 0.232 e. The van der Waals surface area contributed by atoms with Crippen molar-refractivity contribution in [3.05, 3.63) is 0 Å². The lowest BCUT2D eigenvalue weighted by Crippen LogP contribution is -2.15. The first kappa shape index (κ1) is 8.12. The average molecular weight is 144 g/mol. The fourth-order valence-corrected chi connectivity index (χ4v) is 0.377. The van der Waals surface area contributed by atoms with Crippen molar-refractivity contribution in [2.24, 2.45) is 0 Å². The molecular weight excluding hydrogens is 140 g/mol. The number of nitrogens with zero attached hydrogens (tertiary/aromatic N) is 1. The summed E-state index contributed by atoms with van der Waals surface area (Å²) in [6.45, 7) is 0.0523. The predicted octanol–water partition coefficient (Wildman–Crippen LogP) is -0.760. The van der Waals surface area contributed by atoms with Crippen LogP contribution in [0.2, 0.25) is 0 Å². The molecule has 0 aromatic heterocycles. The topological polar surface area (TPSA) is 73.1 Å². The Morgan fingerprint density at radius 1 is 1.78 bits per heavy atom. The Labute approximate surface area is 55.3 Å². The summed E-state index contributed by atoms with van der Waals surface area (Å²) in [6.07, 6.45) is 0. The van der Waals surface area contributed by atoms with Gasteiger partial charge in [0.25, 0.3) is 0 Å². The van der Waals surface area contributed by atoms with E-state index >= 15 is 0 Å². The highest BCUT2D eigenvalue weighted by Crippen LogP contribution is 1.59. The van der Waals surface area contributed by atoms with E-state index in [1.807, 2.05) is 0 Å². The van der Waals surface area contributed by atoms with Crippen LogP contribution in [0.5, 0.6) is 0 Å². The highest BCUT2D eigenvalue weighted by atomic mass is 32.2. The van der Waals surface area contributed by atoms with E-state index in [1.54, 1.807) is 6.07 Å². The molecule has 0 aliphatic carbocycles. The summed E-state index contributed by atoms with van der Waals surface area (Å²) in [5.74, 6) is 4.34. The lowest BCUT2D eigenvalue weighted by atomic mass is 10.6. The standard InChI is InChI=1S/C4H4N2O2S/c5-3-1-2-4-6-9(7)8/h6H,4H2,(H,7,8). The molecule has 0 bridgehead atoms. The Morgan fingerprint density at radius 2 is 2.44 bits per heavy atom. The van der Waals surface area contributed by atoms with Gasteiger partial charge in [0.1, 0.15) is 0 Å². The maximum atomic E-state index is 9.81. The van der Waals surface area contributed by atoms with Gasteiger partial charge in [-0.05, 0) is 0 Å². The van der Waals surface area contributed by atoms with Crippen molar-refractivity contribution in [3.63, 3.8) is 0 Å². The first-order valence-electron chi connectivity index (χ1n) is 1.98. The third-order valence-corrected chi connectivity index (χ3v) is 0.820. The number of rotatable bonds is 2. The van der Waals surface area contributed by atoms with Crippen LogP contribution in [-0.2, 0) is 11.3 Å². The molecule has 9 heavy (non-hydrogen) atoms. The van der Waals surface area contributed by atoms with Gasteiger partial charge in [0, 0.05) is 5.92 Å². The van der Waals surface area contributed by atoms with Crippen LogP contribution in [0.1, 0.15) is 0 Å². The van der Waals surface area contributed by atoms with E-state index < -0.39 is 11.3 Å². The fraction of sp³-hybridized carbons (Fsp3) is 0.250. The minimum absolute atomic E-state index is 0.0523. The van der Waals surface area contributed by atoms with Gasteiger partial charge in [0.2, 0.25) is 11.3 Å². The van der Waals surface area contributed by atoms with E-state index in [4.69, 9.17) is 9.81 Å². The lowest BCUT2D eigenvalue weighted by Gasteiger charge is -1.86. The number of hydrogen-bond donors (Lipinski definition) is 2. The normalized spacial score (nSPS) is 10.7. The lowest BCUT2D eigenvalue weighted by molar-refractivity contribution is 0.553. The second kappa shape index (κ2) is 5.26. The van der Waals surface area contributed by atoms with E-state index in [-0.39, 0.29) is 6.54 Å². The third-order valence-electron chi connectivity index (χ3n) is 0.428. The van der Waals surface area contributed by atoms with E-state index in [2.05, 4.69) is 16.6 Å². The molecular formula is C4H4N2O2S. The van der Waals surface area contributed by atoms with E-state index in [1.165, 1.54) is 0 Å². The number of hydrogen-bond acceptors (Lipinski definition) is 2. The smallest absolute Gasteiger partial charge is 0.232 e. The molecule has 0 aliphatic rings. The van der Waals surface area contributed by atoms with Crippen molar-refractivity contribution in [1.82, 2.24) is 4.72 Å². The summed E-state index contributed by atoms with van der Waals surface area (Å²) in [7, 11) is 0. The van der Waals surface area contributed by atoms with E-state index in [0.29, 0.717) is 0 Å². The Bertz CT molecular complexity index is 197. The number of nitrogens with one attached hydrogen (secondary N) is 1. The second-order valence-electron chi connectivity index (χ2n) is 0.984. The molecule has 4 nitrogen and oxygen atoms in total. The van der Waals surface area contributed by atoms with E-state index in [9.17, 15) is 4.21 Å². The summed E-state index contributed by atoms with van der Waals surface area (Å²) >= 11 is -2.03. The molecule has 0 aliphatic heterocycles.